The number of nitrogen functional groups attached to an aromatic ring is 1. The predicted molar refractivity (Wildman–Crippen MR) is 101 cm³/mol. The van der Waals surface area contributed by atoms with Crippen molar-refractivity contribution in [2.24, 2.45) is 0 Å². The van der Waals surface area contributed by atoms with Crippen molar-refractivity contribution in [2.45, 2.75) is 0 Å². The Balaban J connectivity index is 1.48. The highest BCUT2D eigenvalue weighted by molar-refractivity contribution is 7.13. The predicted octanol–water partition coefficient (Wildman–Crippen LogP) is 1.98. The van der Waals surface area contributed by atoms with Gasteiger partial charge in [0.15, 0.2) is 16.8 Å². The minimum absolute atomic E-state index is 0.545. The second-order valence-corrected chi connectivity index (χ2v) is 6.48. The van der Waals surface area contributed by atoms with Crippen LogP contribution >= 0.6 is 11.3 Å². The highest BCUT2D eigenvalue weighted by atomic mass is 32.1. The molecule has 1 aliphatic heterocycles. The second-order valence-electron chi connectivity index (χ2n) is 5.58. The van der Waals surface area contributed by atoms with Gasteiger partial charge in [-0.3, -0.25) is 0 Å². The first-order chi connectivity index (χ1) is 12.3. The molecule has 4 heterocycles. The Kier molecular flexibility index (Phi) is 4.30. The molecule has 25 heavy (non-hydrogen) atoms. The number of aromatic nitrogens is 4. The lowest BCUT2D eigenvalue weighted by Crippen LogP contribution is -2.47. The van der Waals surface area contributed by atoms with E-state index >= 15 is 0 Å². The van der Waals surface area contributed by atoms with E-state index < -0.39 is 0 Å². The van der Waals surface area contributed by atoms with Gasteiger partial charge in [-0.25, -0.2) is 19.9 Å². The summed E-state index contributed by atoms with van der Waals surface area (Å²) in [7, 11) is 0. The molecule has 0 unspecified atom stereocenters. The molecule has 9 heteroatoms. The molecule has 3 N–H and O–H groups in total. The van der Waals surface area contributed by atoms with Crippen LogP contribution in [0.25, 0.3) is 0 Å². The number of piperazine rings is 1. The van der Waals surface area contributed by atoms with Crippen molar-refractivity contribution in [3.05, 3.63) is 42.3 Å². The molecule has 4 rings (SSSR count). The minimum Gasteiger partial charge on any atom is -0.393 e. The van der Waals surface area contributed by atoms with E-state index in [1.165, 1.54) is 17.7 Å². The van der Waals surface area contributed by atoms with Crippen molar-refractivity contribution in [2.75, 3.05) is 47.0 Å². The van der Waals surface area contributed by atoms with Crippen LogP contribution in [0.1, 0.15) is 0 Å². The number of nitrogens with two attached hydrogens (primary N) is 1. The fourth-order valence-electron chi connectivity index (χ4n) is 2.81. The zero-order chi connectivity index (χ0) is 17.1. The molecule has 0 radical (unpaired) electrons. The maximum atomic E-state index is 6.30. The minimum atomic E-state index is 0.545. The van der Waals surface area contributed by atoms with Gasteiger partial charge in [0.05, 0.1) is 0 Å². The molecule has 3 aromatic rings. The van der Waals surface area contributed by atoms with Gasteiger partial charge in [-0.1, -0.05) is 6.07 Å². The average molecular weight is 354 g/mol. The summed E-state index contributed by atoms with van der Waals surface area (Å²) in [6, 6.07) is 5.97. The van der Waals surface area contributed by atoms with Gasteiger partial charge in [-0.05, 0) is 12.1 Å². The molecule has 1 fully saturated rings. The lowest BCUT2D eigenvalue weighted by Gasteiger charge is -2.36. The van der Waals surface area contributed by atoms with Crippen LogP contribution in [0.15, 0.2) is 42.3 Å². The Morgan fingerprint density at radius 2 is 1.80 bits per heavy atom. The number of rotatable bonds is 4. The van der Waals surface area contributed by atoms with Crippen LogP contribution < -0.4 is 20.9 Å². The van der Waals surface area contributed by atoms with E-state index in [0.717, 1.165) is 42.9 Å². The third-order valence-electron chi connectivity index (χ3n) is 4.07. The highest BCUT2D eigenvalue weighted by Gasteiger charge is 2.22. The lowest BCUT2D eigenvalue weighted by molar-refractivity contribution is 0.642. The fourth-order valence-corrected chi connectivity index (χ4v) is 3.34. The van der Waals surface area contributed by atoms with E-state index in [1.807, 2.05) is 29.8 Å². The Morgan fingerprint density at radius 1 is 0.960 bits per heavy atom. The SMILES string of the molecule is Nc1c(Nc2nccs2)ncnc1N1CCN(c2ccccn2)CC1. The van der Waals surface area contributed by atoms with Crippen LogP contribution in [-0.4, -0.2) is 46.1 Å². The number of nitrogens with one attached hydrogen (secondary N) is 1. The Morgan fingerprint density at radius 3 is 2.52 bits per heavy atom. The molecule has 0 saturated carbocycles. The molecule has 8 nitrogen and oxygen atoms in total. The number of hydrogen-bond acceptors (Lipinski definition) is 9. The summed E-state index contributed by atoms with van der Waals surface area (Å²) in [6.07, 6.45) is 5.09. The zero-order valence-corrected chi connectivity index (χ0v) is 14.4. The Bertz CT molecular complexity index is 815. The van der Waals surface area contributed by atoms with Gasteiger partial charge < -0.3 is 20.9 Å². The summed E-state index contributed by atoms with van der Waals surface area (Å²) >= 11 is 1.50. The third-order valence-corrected chi connectivity index (χ3v) is 4.76. The van der Waals surface area contributed by atoms with Crippen LogP contribution in [0.2, 0.25) is 0 Å². The van der Waals surface area contributed by atoms with Crippen molar-refractivity contribution < 1.29 is 0 Å². The normalized spacial score (nSPS) is 14.6. The first-order valence-corrected chi connectivity index (χ1v) is 8.87. The van der Waals surface area contributed by atoms with Crippen LogP contribution in [-0.2, 0) is 0 Å². The maximum Gasteiger partial charge on any atom is 0.188 e. The fraction of sp³-hybridized carbons (Fsp3) is 0.250. The van der Waals surface area contributed by atoms with Crippen molar-refractivity contribution in [3.63, 3.8) is 0 Å². The molecular weight excluding hydrogens is 336 g/mol. The third kappa shape index (κ3) is 3.31. The van der Waals surface area contributed by atoms with Crippen LogP contribution in [0.4, 0.5) is 28.3 Å². The number of anilines is 5. The van der Waals surface area contributed by atoms with E-state index in [-0.39, 0.29) is 0 Å². The molecule has 1 saturated heterocycles. The molecular formula is C16H18N8S. The molecule has 128 valence electrons. The van der Waals surface area contributed by atoms with Crippen LogP contribution in [0.3, 0.4) is 0 Å². The van der Waals surface area contributed by atoms with Gasteiger partial charge in [-0.2, -0.15) is 0 Å². The second kappa shape index (κ2) is 6.89. The van der Waals surface area contributed by atoms with E-state index in [2.05, 4.69) is 35.1 Å². The molecule has 0 bridgehead atoms. The molecule has 0 amide bonds. The molecule has 0 spiro atoms. The van der Waals surface area contributed by atoms with Gasteiger partial charge in [0.25, 0.3) is 0 Å². The van der Waals surface area contributed by atoms with Crippen molar-refractivity contribution in [1.29, 1.82) is 0 Å². The van der Waals surface area contributed by atoms with Crippen LogP contribution in [0, 0.1) is 0 Å². The maximum absolute atomic E-state index is 6.30. The Labute approximate surface area is 149 Å². The van der Waals surface area contributed by atoms with Crippen molar-refractivity contribution >= 4 is 39.6 Å². The highest BCUT2D eigenvalue weighted by Crippen LogP contribution is 2.29. The summed E-state index contributed by atoms with van der Waals surface area (Å²) in [6.45, 7) is 3.40. The number of nitrogens with zero attached hydrogens (tertiary/aromatic N) is 6. The number of thiazole rings is 1. The van der Waals surface area contributed by atoms with Gasteiger partial charge in [0.2, 0.25) is 0 Å². The largest absolute Gasteiger partial charge is 0.393 e. The average Bonchev–Trinajstić information content (AvgIpc) is 3.18. The quantitative estimate of drug-likeness (QED) is 0.734. The summed E-state index contributed by atoms with van der Waals surface area (Å²) in [5, 5.41) is 5.81. The van der Waals surface area contributed by atoms with Gasteiger partial charge in [-0.15, -0.1) is 11.3 Å². The van der Waals surface area contributed by atoms with Crippen molar-refractivity contribution in [3.8, 4) is 0 Å². The summed E-state index contributed by atoms with van der Waals surface area (Å²) in [4.78, 5) is 21.7. The molecule has 0 aliphatic carbocycles. The first kappa shape index (κ1) is 15.6. The topological polar surface area (TPSA) is 96.1 Å². The van der Waals surface area contributed by atoms with E-state index in [0.29, 0.717) is 11.5 Å². The van der Waals surface area contributed by atoms with E-state index in [4.69, 9.17) is 5.73 Å². The van der Waals surface area contributed by atoms with Crippen LogP contribution in [0.5, 0.6) is 0 Å². The monoisotopic (exact) mass is 354 g/mol. The first-order valence-electron chi connectivity index (χ1n) is 7.99. The summed E-state index contributed by atoms with van der Waals surface area (Å²) in [5.74, 6) is 2.35. The standard InChI is InChI=1S/C16H18N8S/c17-13-14(22-16-19-5-10-25-16)20-11-21-15(13)24-8-6-23(7-9-24)12-3-1-2-4-18-12/h1-5,10-11H,6-9,17H2,(H,19,20,21,22). The van der Waals surface area contributed by atoms with Crippen molar-refractivity contribution in [1.82, 2.24) is 19.9 Å². The number of hydrogen-bond donors (Lipinski definition) is 2. The smallest absolute Gasteiger partial charge is 0.188 e. The molecule has 0 aromatic carbocycles. The molecule has 0 atom stereocenters. The molecule has 1 aliphatic rings. The zero-order valence-electron chi connectivity index (χ0n) is 13.5. The molecule has 3 aromatic heterocycles. The van der Waals surface area contributed by atoms with Gasteiger partial charge >= 0.3 is 0 Å². The lowest BCUT2D eigenvalue weighted by atomic mass is 10.3. The van der Waals surface area contributed by atoms with Gasteiger partial charge in [0.1, 0.15) is 17.8 Å². The summed E-state index contributed by atoms with van der Waals surface area (Å²) < 4.78 is 0. The summed E-state index contributed by atoms with van der Waals surface area (Å²) in [5.41, 5.74) is 6.84. The Hall–Kier alpha value is -2.94. The van der Waals surface area contributed by atoms with E-state index in [1.54, 1.807) is 6.20 Å². The van der Waals surface area contributed by atoms with Gasteiger partial charge in [0, 0.05) is 44.0 Å². The van der Waals surface area contributed by atoms with E-state index in [9.17, 15) is 0 Å². The number of pyridine rings is 1.